The molecule has 0 aliphatic heterocycles. The molecule has 0 aromatic carbocycles. The maximum atomic E-state index is 15.7. The Balaban J connectivity index is 1.49. The number of carboxylic acid groups (broad SMARTS) is 1. The molecule has 9 nitrogen and oxygen atoms in total. The highest BCUT2D eigenvalue weighted by molar-refractivity contribution is 7.09. The Morgan fingerprint density at radius 2 is 2.00 bits per heavy atom. The smallest absolute Gasteiger partial charge is 0.308 e. The molecule has 0 unspecified atom stereocenters. The van der Waals surface area contributed by atoms with Crippen molar-refractivity contribution >= 4 is 46.1 Å². The van der Waals surface area contributed by atoms with Crippen LogP contribution in [0.5, 0.6) is 0 Å². The molecular formula is C22H19ClFN7O2S. The van der Waals surface area contributed by atoms with Crippen molar-refractivity contribution < 1.29 is 14.3 Å². The summed E-state index contributed by atoms with van der Waals surface area (Å²) in [4.78, 5) is 33.2. The monoisotopic (exact) mass is 499 g/mol. The van der Waals surface area contributed by atoms with Crippen LogP contribution in [0, 0.1) is 23.6 Å². The third-order valence-electron chi connectivity index (χ3n) is 6.92. The second-order valence-corrected chi connectivity index (χ2v) is 9.96. The fraction of sp³-hybridized carbons (Fsp3) is 0.364. The van der Waals surface area contributed by atoms with Crippen LogP contribution in [-0.2, 0) is 4.79 Å². The molecule has 12 heteroatoms. The standard InChI is InChI=1S/C22H19ClFN7O2S/c23-13-8-26-21-17(28-13)11(7-25-21)19-30-18(12-5-6-27-34-12)15(24)20(31-19)29-16-10-3-1-9(2-4-10)14(16)22(32)33/h5-10,14,16H,1-4H2,(H,25,26)(H,32,33)(H,29,30,31)/t9?,10?,14-,16-/m0/s1. The van der Waals surface area contributed by atoms with Crippen LogP contribution < -0.4 is 5.32 Å². The summed E-state index contributed by atoms with van der Waals surface area (Å²) in [6, 6.07) is 1.27. The highest BCUT2D eigenvalue weighted by Gasteiger charge is 2.47. The Bertz CT molecular complexity index is 1390. The van der Waals surface area contributed by atoms with Gasteiger partial charge in [0.2, 0.25) is 0 Å². The zero-order chi connectivity index (χ0) is 23.4. The second kappa shape index (κ2) is 8.24. The number of H-pyrrole nitrogens is 1. The molecule has 4 aromatic rings. The maximum absolute atomic E-state index is 15.7. The lowest BCUT2D eigenvalue weighted by Crippen LogP contribution is -2.51. The van der Waals surface area contributed by atoms with Crippen molar-refractivity contribution in [2.75, 3.05) is 5.32 Å². The van der Waals surface area contributed by atoms with Crippen LogP contribution in [0.2, 0.25) is 5.15 Å². The molecule has 3 aliphatic carbocycles. The molecule has 3 saturated carbocycles. The summed E-state index contributed by atoms with van der Waals surface area (Å²) >= 11 is 7.17. The molecule has 0 saturated heterocycles. The first kappa shape index (κ1) is 21.4. The number of aromatic nitrogens is 6. The topological polar surface area (TPSA) is 130 Å². The Labute approximate surface area is 202 Å². The molecule has 0 spiro atoms. The van der Waals surface area contributed by atoms with Crippen molar-refractivity contribution in [3.63, 3.8) is 0 Å². The van der Waals surface area contributed by atoms with Crippen LogP contribution in [0.25, 0.3) is 33.1 Å². The van der Waals surface area contributed by atoms with Crippen LogP contribution in [0.1, 0.15) is 25.7 Å². The number of anilines is 1. The van der Waals surface area contributed by atoms with E-state index in [4.69, 9.17) is 11.6 Å². The fourth-order valence-corrected chi connectivity index (χ4v) is 6.09. The molecule has 4 heterocycles. The normalized spacial score (nSPS) is 23.9. The first-order chi connectivity index (χ1) is 16.5. The van der Waals surface area contributed by atoms with Crippen LogP contribution in [0.15, 0.2) is 24.7 Å². The third-order valence-corrected chi connectivity index (χ3v) is 7.86. The number of hydrogen-bond donors (Lipinski definition) is 3. The minimum atomic E-state index is -0.856. The van der Waals surface area contributed by atoms with E-state index in [0.29, 0.717) is 21.6 Å². The van der Waals surface area contributed by atoms with Crippen LogP contribution in [0.4, 0.5) is 10.2 Å². The summed E-state index contributed by atoms with van der Waals surface area (Å²) in [6.45, 7) is 0. The summed E-state index contributed by atoms with van der Waals surface area (Å²) < 4.78 is 19.8. The van der Waals surface area contributed by atoms with Gasteiger partial charge in [0, 0.05) is 18.4 Å². The Morgan fingerprint density at radius 3 is 2.74 bits per heavy atom. The van der Waals surface area contributed by atoms with E-state index in [1.165, 1.54) is 6.20 Å². The number of carbonyl (C=O) groups is 1. The molecule has 3 fully saturated rings. The summed E-state index contributed by atoms with van der Waals surface area (Å²) in [5.74, 6) is -1.65. The van der Waals surface area contributed by atoms with E-state index < -0.39 is 23.7 Å². The SMILES string of the molecule is O=C(O)[C@H]1C2CCC(CC2)[C@@H]1Nc1nc(-c2c[nH]c3ncc(Cl)nc23)nc(-c2ccns2)c1F. The number of rotatable bonds is 5. The Hall–Kier alpha value is -3.18. The van der Waals surface area contributed by atoms with Crippen LogP contribution in [-0.4, -0.2) is 46.4 Å². The van der Waals surface area contributed by atoms with Crippen molar-refractivity contribution in [3.8, 4) is 22.0 Å². The van der Waals surface area contributed by atoms with Gasteiger partial charge in [0.05, 0.1) is 22.6 Å². The number of aliphatic carboxylic acids is 1. The quantitative estimate of drug-likeness (QED) is 0.362. The number of aromatic amines is 1. The molecule has 174 valence electrons. The first-order valence-electron chi connectivity index (χ1n) is 11.0. The predicted octanol–water partition coefficient (Wildman–Crippen LogP) is 4.63. The molecule has 0 amide bonds. The lowest BCUT2D eigenvalue weighted by Gasteiger charge is -2.47. The van der Waals surface area contributed by atoms with Gasteiger partial charge in [0.15, 0.2) is 23.1 Å². The zero-order valence-electron chi connectivity index (χ0n) is 17.7. The number of nitrogens with zero attached hydrogens (tertiary/aromatic N) is 5. The van der Waals surface area contributed by atoms with Gasteiger partial charge in [-0.15, -0.1) is 0 Å². The fourth-order valence-electron chi connectivity index (χ4n) is 5.38. The molecule has 7 rings (SSSR count). The largest absolute Gasteiger partial charge is 0.481 e. The Kier molecular flexibility index (Phi) is 5.18. The molecule has 34 heavy (non-hydrogen) atoms. The minimum absolute atomic E-state index is 0.0264. The molecule has 4 aromatic heterocycles. The first-order valence-corrected chi connectivity index (χ1v) is 12.1. The van der Waals surface area contributed by atoms with E-state index in [0.717, 1.165) is 37.2 Å². The van der Waals surface area contributed by atoms with Crippen LogP contribution in [0.3, 0.4) is 0 Å². The van der Waals surface area contributed by atoms with Gasteiger partial charge >= 0.3 is 5.97 Å². The van der Waals surface area contributed by atoms with Gasteiger partial charge in [-0.05, 0) is 55.1 Å². The maximum Gasteiger partial charge on any atom is 0.308 e. The number of fused-ring (bicyclic) bond motifs is 4. The lowest BCUT2D eigenvalue weighted by atomic mass is 9.61. The highest BCUT2D eigenvalue weighted by atomic mass is 35.5. The van der Waals surface area contributed by atoms with Gasteiger partial charge in [-0.25, -0.2) is 28.7 Å². The van der Waals surface area contributed by atoms with E-state index in [-0.39, 0.29) is 34.3 Å². The Morgan fingerprint density at radius 1 is 1.21 bits per heavy atom. The summed E-state index contributed by atoms with van der Waals surface area (Å²) in [5, 5.41) is 13.3. The molecule has 3 N–H and O–H groups in total. The van der Waals surface area contributed by atoms with Crippen molar-refractivity contribution in [1.29, 1.82) is 0 Å². The van der Waals surface area contributed by atoms with Crippen molar-refractivity contribution in [3.05, 3.63) is 35.6 Å². The molecule has 2 atom stereocenters. The van der Waals surface area contributed by atoms with Gasteiger partial charge < -0.3 is 15.4 Å². The van der Waals surface area contributed by atoms with Gasteiger partial charge in [0.25, 0.3) is 0 Å². The number of halogens is 2. The number of carboxylic acids is 1. The number of hydrogen-bond acceptors (Lipinski definition) is 8. The minimum Gasteiger partial charge on any atom is -0.481 e. The van der Waals surface area contributed by atoms with Crippen molar-refractivity contribution in [1.82, 2.24) is 29.3 Å². The van der Waals surface area contributed by atoms with E-state index in [1.54, 1.807) is 18.5 Å². The number of nitrogens with one attached hydrogen (secondary N) is 2. The van der Waals surface area contributed by atoms with E-state index >= 15 is 4.39 Å². The summed E-state index contributed by atoms with van der Waals surface area (Å²) in [5.41, 5.74) is 1.56. The lowest BCUT2D eigenvalue weighted by molar-refractivity contribution is -0.148. The van der Waals surface area contributed by atoms with Crippen LogP contribution >= 0.6 is 23.1 Å². The average molecular weight is 500 g/mol. The summed E-state index contributed by atoms with van der Waals surface area (Å²) in [7, 11) is 0. The van der Waals surface area contributed by atoms with Crippen molar-refractivity contribution in [2.24, 2.45) is 17.8 Å². The zero-order valence-corrected chi connectivity index (χ0v) is 19.3. The third kappa shape index (κ3) is 3.50. The highest BCUT2D eigenvalue weighted by Crippen LogP contribution is 2.46. The summed E-state index contributed by atoms with van der Waals surface area (Å²) in [6.07, 6.45) is 8.27. The van der Waals surface area contributed by atoms with E-state index in [2.05, 4.69) is 34.6 Å². The van der Waals surface area contributed by atoms with E-state index in [1.807, 2.05) is 0 Å². The second-order valence-electron chi connectivity index (χ2n) is 8.74. The van der Waals surface area contributed by atoms with E-state index in [9.17, 15) is 9.90 Å². The average Bonchev–Trinajstić information content (AvgIpc) is 3.51. The van der Waals surface area contributed by atoms with Gasteiger partial charge in [0.1, 0.15) is 16.4 Å². The molecule has 3 aliphatic rings. The molecular weight excluding hydrogens is 481 g/mol. The predicted molar refractivity (Wildman–Crippen MR) is 125 cm³/mol. The van der Waals surface area contributed by atoms with Gasteiger partial charge in [-0.2, -0.15) is 0 Å². The van der Waals surface area contributed by atoms with Gasteiger partial charge in [-0.3, -0.25) is 4.79 Å². The molecule has 2 bridgehead atoms. The van der Waals surface area contributed by atoms with Gasteiger partial charge in [-0.1, -0.05) is 11.6 Å². The van der Waals surface area contributed by atoms with Crippen molar-refractivity contribution in [2.45, 2.75) is 31.7 Å². The molecule has 0 radical (unpaired) electrons.